The van der Waals surface area contributed by atoms with Gasteiger partial charge in [-0.2, -0.15) is 4.39 Å². The number of rotatable bonds is 3. The Bertz CT molecular complexity index is 907. The molecule has 3 aromatic rings. The lowest BCUT2D eigenvalue weighted by atomic mass is 10.1. The fourth-order valence-corrected chi connectivity index (χ4v) is 2.20. The number of aryl methyl sites for hydroxylation is 1. The monoisotopic (exact) mass is 313 g/mol. The Labute approximate surface area is 130 Å². The van der Waals surface area contributed by atoms with Crippen LogP contribution in [0.2, 0.25) is 0 Å². The molecule has 0 aliphatic rings. The van der Waals surface area contributed by atoms with Gasteiger partial charge < -0.3 is 5.73 Å². The molecule has 0 aliphatic carbocycles. The van der Waals surface area contributed by atoms with Crippen LogP contribution in [0.3, 0.4) is 0 Å². The first-order chi connectivity index (χ1) is 11.0. The highest BCUT2D eigenvalue weighted by atomic mass is 19.1. The molecular weight excluding hydrogens is 301 g/mol. The molecule has 116 valence electrons. The number of nitrogens with zero attached hydrogens (tertiary/aromatic N) is 4. The van der Waals surface area contributed by atoms with Crippen LogP contribution < -0.4 is 5.73 Å². The van der Waals surface area contributed by atoms with Crippen LogP contribution in [0.4, 0.5) is 15.8 Å². The molecule has 2 aromatic carbocycles. The van der Waals surface area contributed by atoms with Crippen LogP contribution in [0.25, 0.3) is 16.9 Å². The summed E-state index contributed by atoms with van der Waals surface area (Å²) in [5.74, 6) is -0.891. The molecule has 0 spiro atoms. The highest BCUT2D eigenvalue weighted by molar-refractivity contribution is 5.62. The van der Waals surface area contributed by atoms with Crippen LogP contribution in [-0.2, 0) is 0 Å². The van der Waals surface area contributed by atoms with Crippen molar-refractivity contribution in [2.45, 2.75) is 6.92 Å². The van der Waals surface area contributed by atoms with Gasteiger partial charge in [-0.1, -0.05) is 11.3 Å². The molecule has 8 heteroatoms. The predicted molar refractivity (Wildman–Crippen MR) is 82.6 cm³/mol. The second-order valence-corrected chi connectivity index (χ2v) is 5.02. The van der Waals surface area contributed by atoms with E-state index in [9.17, 15) is 14.5 Å². The number of hydrogen-bond acceptors (Lipinski definition) is 5. The minimum absolute atomic E-state index is 0.398. The van der Waals surface area contributed by atoms with Crippen molar-refractivity contribution in [3.8, 4) is 16.9 Å². The molecule has 0 aliphatic heterocycles. The molecule has 0 bridgehead atoms. The molecule has 0 radical (unpaired) electrons. The summed E-state index contributed by atoms with van der Waals surface area (Å²) in [6.07, 6.45) is 1.61. The number of nitrogens with two attached hydrogens (primary N) is 1. The first-order valence-electron chi connectivity index (χ1n) is 6.69. The van der Waals surface area contributed by atoms with Gasteiger partial charge in [0.05, 0.1) is 16.8 Å². The standard InChI is InChI=1S/C15H12FN5O2/c1-9-2-4-11(17)7-14(9)20-8-13(18-19-20)10-3-5-12(16)15(6-10)21(22)23/h2-8H,17H2,1H3. The molecule has 3 rings (SSSR count). The van der Waals surface area contributed by atoms with Gasteiger partial charge in [-0.15, -0.1) is 5.10 Å². The molecule has 0 unspecified atom stereocenters. The number of halogens is 1. The van der Waals surface area contributed by atoms with Crippen molar-refractivity contribution in [2.24, 2.45) is 0 Å². The molecule has 1 aromatic heterocycles. The Hall–Kier alpha value is -3.29. The molecule has 1 heterocycles. The Morgan fingerprint density at radius 1 is 1.26 bits per heavy atom. The number of benzene rings is 2. The number of hydrogen-bond donors (Lipinski definition) is 1. The highest BCUT2D eigenvalue weighted by Crippen LogP contribution is 2.26. The molecule has 2 N–H and O–H groups in total. The predicted octanol–water partition coefficient (Wildman–Crippen LogP) is 2.87. The summed E-state index contributed by atoms with van der Waals surface area (Å²) >= 11 is 0. The molecule has 0 saturated carbocycles. The molecular formula is C15H12FN5O2. The van der Waals surface area contributed by atoms with E-state index in [1.165, 1.54) is 10.7 Å². The Morgan fingerprint density at radius 2 is 2.04 bits per heavy atom. The minimum Gasteiger partial charge on any atom is -0.399 e. The highest BCUT2D eigenvalue weighted by Gasteiger charge is 2.16. The van der Waals surface area contributed by atoms with Crippen molar-refractivity contribution < 1.29 is 9.31 Å². The van der Waals surface area contributed by atoms with Crippen molar-refractivity contribution in [3.05, 3.63) is 64.1 Å². The van der Waals surface area contributed by atoms with E-state index in [2.05, 4.69) is 10.3 Å². The minimum atomic E-state index is -0.891. The second-order valence-electron chi connectivity index (χ2n) is 5.02. The van der Waals surface area contributed by atoms with Crippen LogP contribution in [0, 0.1) is 22.9 Å². The molecule has 0 saturated heterocycles. The largest absolute Gasteiger partial charge is 0.399 e. The molecule has 0 fully saturated rings. The summed E-state index contributed by atoms with van der Waals surface area (Å²) in [6.45, 7) is 1.90. The molecule has 23 heavy (non-hydrogen) atoms. The van der Waals surface area contributed by atoms with Crippen molar-refractivity contribution in [3.63, 3.8) is 0 Å². The smallest absolute Gasteiger partial charge is 0.305 e. The Balaban J connectivity index is 2.04. The Morgan fingerprint density at radius 3 is 2.78 bits per heavy atom. The lowest BCUT2D eigenvalue weighted by Crippen LogP contribution is -1.99. The average Bonchev–Trinajstić information content (AvgIpc) is 2.99. The van der Waals surface area contributed by atoms with E-state index in [0.717, 1.165) is 23.4 Å². The lowest BCUT2D eigenvalue weighted by molar-refractivity contribution is -0.387. The summed E-state index contributed by atoms with van der Waals surface area (Å²) in [5.41, 5.74) is 8.26. The van der Waals surface area contributed by atoms with Gasteiger partial charge in [0.25, 0.3) is 0 Å². The second kappa shape index (κ2) is 5.48. The van der Waals surface area contributed by atoms with Gasteiger partial charge in [-0.25, -0.2) is 4.68 Å². The number of aromatic nitrogens is 3. The van der Waals surface area contributed by atoms with E-state index in [-0.39, 0.29) is 0 Å². The van der Waals surface area contributed by atoms with Crippen molar-refractivity contribution in [1.82, 2.24) is 15.0 Å². The average molecular weight is 313 g/mol. The van der Waals surface area contributed by atoms with E-state index in [0.29, 0.717) is 16.9 Å². The summed E-state index contributed by atoms with van der Waals surface area (Å²) < 4.78 is 14.9. The maximum atomic E-state index is 13.4. The maximum Gasteiger partial charge on any atom is 0.305 e. The summed E-state index contributed by atoms with van der Waals surface area (Å²) in [4.78, 5) is 10.1. The van der Waals surface area contributed by atoms with Crippen LogP contribution in [0.15, 0.2) is 42.6 Å². The van der Waals surface area contributed by atoms with Gasteiger partial charge in [0, 0.05) is 17.3 Å². The van der Waals surface area contributed by atoms with Gasteiger partial charge in [0.2, 0.25) is 5.82 Å². The molecule has 7 nitrogen and oxygen atoms in total. The molecule has 0 amide bonds. The quantitative estimate of drug-likeness (QED) is 0.455. The normalized spacial score (nSPS) is 10.7. The fraction of sp³-hybridized carbons (Fsp3) is 0.0667. The van der Waals surface area contributed by atoms with Gasteiger partial charge in [-0.05, 0) is 36.8 Å². The first-order valence-corrected chi connectivity index (χ1v) is 6.69. The van der Waals surface area contributed by atoms with Gasteiger partial charge in [0.15, 0.2) is 0 Å². The zero-order chi connectivity index (χ0) is 16.6. The number of nitrogen functional groups attached to an aromatic ring is 1. The van der Waals surface area contributed by atoms with E-state index in [1.807, 2.05) is 13.0 Å². The third kappa shape index (κ3) is 2.73. The number of nitro benzene ring substituents is 1. The van der Waals surface area contributed by atoms with Crippen LogP contribution in [0.1, 0.15) is 5.56 Å². The van der Waals surface area contributed by atoms with Crippen molar-refractivity contribution in [2.75, 3.05) is 5.73 Å². The van der Waals surface area contributed by atoms with E-state index < -0.39 is 16.4 Å². The molecule has 0 atom stereocenters. The fourth-order valence-electron chi connectivity index (χ4n) is 2.20. The Kier molecular flexibility index (Phi) is 3.49. The topological polar surface area (TPSA) is 99.9 Å². The van der Waals surface area contributed by atoms with Gasteiger partial charge >= 0.3 is 5.69 Å². The zero-order valence-corrected chi connectivity index (χ0v) is 12.1. The van der Waals surface area contributed by atoms with E-state index in [4.69, 9.17) is 5.73 Å². The number of nitro groups is 1. The van der Waals surface area contributed by atoms with E-state index >= 15 is 0 Å². The summed E-state index contributed by atoms with van der Waals surface area (Å²) in [7, 11) is 0. The zero-order valence-electron chi connectivity index (χ0n) is 12.1. The lowest BCUT2D eigenvalue weighted by Gasteiger charge is -2.05. The van der Waals surface area contributed by atoms with Crippen molar-refractivity contribution >= 4 is 11.4 Å². The SMILES string of the molecule is Cc1ccc(N)cc1-n1cc(-c2ccc(F)c([N+](=O)[O-])c2)nn1. The summed E-state index contributed by atoms with van der Waals surface area (Å²) in [6, 6.07) is 8.98. The summed E-state index contributed by atoms with van der Waals surface area (Å²) in [5, 5.41) is 18.8. The van der Waals surface area contributed by atoms with Gasteiger partial charge in [0.1, 0.15) is 5.69 Å². The maximum absolute atomic E-state index is 13.4. The van der Waals surface area contributed by atoms with Gasteiger partial charge in [-0.3, -0.25) is 10.1 Å². The van der Waals surface area contributed by atoms with Crippen molar-refractivity contribution in [1.29, 1.82) is 0 Å². The van der Waals surface area contributed by atoms with Crippen LogP contribution in [-0.4, -0.2) is 19.9 Å². The van der Waals surface area contributed by atoms with Crippen LogP contribution >= 0.6 is 0 Å². The third-order valence-electron chi connectivity index (χ3n) is 3.41. The number of anilines is 1. The first kappa shape index (κ1) is 14.6. The van der Waals surface area contributed by atoms with E-state index in [1.54, 1.807) is 18.3 Å². The van der Waals surface area contributed by atoms with Crippen LogP contribution in [0.5, 0.6) is 0 Å². The third-order valence-corrected chi connectivity index (χ3v) is 3.41.